The summed E-state index contributed by atoms with van der Waals surface area (Å²) >= 11 is 0. The third-order valence-electron chi connectivity index (χ3n) is 5.01. The van der Waals surface area contributed by atoms with Crippen molar-refractivity contribution in [3.8, 4) is 0 Å². The van der Waals surface area contributed by atoms with E-state index >= 15 is 0 Å². The smallest absolute Gasteiger partial charge is 0.251 e. The fraction of sp³-hybridized carbons (Fsp3) is 0.391. The zero-order valence-electron chi connectivity index (χ0n) is 18.4. The molecule has 0 aromatic heterocycles. The average molecular weight is 423 g/mol. The first-order valence-electron chi connectivity index (χ1n) is 10.6. The maximum absolute atomic E-state index is 12.4. The van der Waals surface area contributed by atoms with Crippen molar-refractivity contribution < 1.29 is 9.59 Å². The van der Waals surface area contributed by atoms with Crippen LogP contribution in [0.5, 0.6) is 0 Å². The molecular weight excluding hydrogens is 392 g/mol. The number of allylic oxidation sites excluding steroid dienone is 2. The Labute approximate surface area is 183 Å². The molecule has 1 aliphatic carbocycles. The Bertz CT molecular complexity index is 959. The van der Waals surface area contributed by atoms with Crippen molar-refractivity contribution >= 4 is 29.7 Å². The summed E-state index contributed by atoms with van der Waals surface area (Å²) in [5, 5.41) is 9.95. The van der Waals surface area contributed by atoms with Crippen LogP contribution in [0.15, 0.2) is 52.3 Å². The summed E-state index contributed by atoms with van der Waals surface area (Å²) in [5.74, 6) is 0.141. The van der Waals surface area contributed by atoms with Gasteiger partial charge < -0.3 is 10.6 Å². The molecule has 31 heavy (non-hydrogen) atoms. The number of rotatable bonds is 8. The molecule has 8 heteroatoms. The summed E-state index contributed by atoms with van der Waals surface area (Å²) in [7, 11) is 0. The Hall–Kier alpha value is -3.42. The molecule has 2 amide bonds. The predicted octanol–water partition coefficient (Wildman–Crippen LogP) is 3.10. The number of carbonyl (C=O) groups is 2. The number of hydrogen-bond donors (Lipinski definition) is 3. The monoisotopic (exact) mass is 422 g/mol. The van der Waals surface area contributed by atoms with Gasteiger partial charge in [0.1, 0.15) is 0 Å². The zero-order valence-corrected chi connectivity index (χ0v) is 18.4. The number of unbranched alkanes of at least 4 members (excludes halogenated alkanes) is 1. The molecule has 0 spiro atoms. The highest BCUT2D eigenvalue weighted by atomic mass is 16.2. The highest BCUT2D eigenvalue weighted by Crippen LogP contribution is 2.23. The van der Waals surface area contributed by atoms with Crippen LogP contribution in [0.25, 0.3) is 0 Å². The van der Waals surface area contributed by atoms with Crippen LogP contribution >= 0.6 is 0 Å². The Kier molecular flexibility index (Phi) is 7.23. The SMILES string of the molecule is C=C1C=NNC(=Nc2cc(C(=O)NCCCC)ccc2C)N1/C(C)=C/C(=O)NC1CC1. The van der Waals surface area contributed by atoms with Crippen molar-refractivity contribution in [2.24, 2.45) is 10.1 Å². The Morgan fingerprint density at radius 1 is 1.39 bits per heavy atom. The maximum atomic E-state index is 12.4. The summed E-state index contributed by atoms with van der Waals surface area (Å²) in [6, 6.07) is 5.69. The predicted molar refractivity (Wildman–Crippen MR) is 123 cm³/mol. The Balaban J connectivity index is 1.85. The first-order valence-corrected chi connectivity index (χ1v) is 10.6. The molecule has 0 bridgehead atoms. The van der Waals surface area contributed by atoms with Gasteiger partial charge in [-0.3, -0.25) is 14.5 Å². The molecule has 0 unspecified atom stereocenters. The van der Waals surface area contributed by atoms with Gasteiger partial charge in [-0.2, -0.15) is 5.10 Å². The summed E-state index contributed by atoms with van der Waals surface area (Å²) in [6.45, 7) is 10.5. The quantitative estimate of drug-likeness (QED) is 0.443. The van der Waals surface area contributed by atoms with E-state index in [0.29, 0.717) is 35.1 Å². The van der Waals surface area contributed by atoms with Gasteiger partial charge >= 0.3 is 0 Å². The third-order valence-corrected chi connectivity index (χ3v) is 5.01. The molecule has 8 nitrogen and oxygen atoms in total. The van der Waals surface area contributed by atoms with Gasteiger partial charge in [-0.25, -0.2) is 10.4 Å². The molecule has 1 heterocycles. The van der Waals surface area contributed by atoms with Gasteiger partial charge in [0.25, 0.3) is 5.91 Å². The second-order valence-electron chi connectivity index (χ2n) is 7.81. The second kappa shape index (κ2) is 10.1. The molecule has 164 valence electrons. The minimum Gasteiger partial charge on any atom is -0.352 e. The van der Waals surface area contributed by atoms with Crippen LogP contribution in [0.2, 0.25) is 0 Å². The Morgan fingerprint density at radius 3 is 2.87 bits per heavy atom. The van der Waals surface area contributed by atoms with Crippen molar-refractivity contribution in [2.45, 2.75) is 52.5 Å². The first-order chi connectivity index (χ1) is 14.9. The Morgan fingerprint density at radius 2 is 2.16 bits per heavy atom. The van der Waals surface area contributed by atoms with Crippen LogP contribution in [0.4, 0.5) is 5.69 Å². The van der Waals surface area contributed by atoms with E-state index in [0.717, 1.165) is 31.2 Å². The normalized spacial score (nSPS) is 17.5. The molecule has 3 rings (SSSR count). The fourth-order valence-corrected chi connectivity index (χ4v) is 3.07. The van der Waals surface area contributed by atoms with Crippen molar-refractivity contribution in [3.05, 3.63) is 53.4 Å². The number of aryl methyl sites for hydroxylation is 1. The number of hydrogen-bond acceptors (Lipinski definition) is 4. The van der Waals surface area contributed by atoms with Crippen molar-refractivity contribution in [1.82, 2.24) is 21.0 Å². The van der Waals surface area contributed by atoms with Crippen LogP contribution in [0.1, 0.15) is 55.5 Å². The standard InChI is InChI=1S/C23H30N6O2/c1-5-6-11-24-22(31)18-8-7-15(2)20(13-18)27-23-28-25-14-17(4)29(23)16(3)12-21(30)26-19-9-10-19/h7-8,12-14,19H,4-6,9-11H2,1-3H3,(H,24,31)(H,26,30)(H,27,28)/b16-12+. The summed E-state index contributed by atoms with van der Waals surface area (Å²) < 4.78 is 0. The van der Waals surface area contributed by atoms with Gasteiger partial charge in [-0.15, -0.1) is 0 Å². The maximum Gasteiger partial charge on any atom is 0.251 e. The number of benzene rings is 1. The molecule has 1 fully saturated rings. The zero-order chi connectivity index (χ0) is 22.4. The van der Waals surface area contributed by atoms with E-state index in [9.17, 15) is 9.59 Å². The first kappa shape index (κ1) is 22.3. The van der Waals surface area contributed by atoms with Crippen LogP contribution in [0, 0.1) is 6.92 Å². The molecular formula is C23H30N6O2. The van der Waals surface area contributed by atoms with E-state index in [1.165, 1.54) is 6.08 Å². The van der Waals surface area contributed by atoms with Gasteiger partial charge in [0.15, 0.2) is 0 Å². The van der Waals surface area contributed by atoms with Gasteiger partial charge in [-0.05, 0) is 50.8 Å². The van der Waals surface area contributed by atoms with Gasteiger partial charge in [0.2, 0.25) is 11.9 Å². The van der Waals surface area contributed by atoms with Gasteiger partial charge in [-0.1, -0.05) is 26.0 Å². The van der Waals surface area contributed by atoms with Crippen LogP contribution in [0.3, 0.4) is 0 Å². The lowest BCUT2D eigenvalue weighted by atomic mass is 10.1. The van der Waals surface area contributed by atoms with E-state index in [1.807, 2.05) is 19.9 Å². The molecule has 1 aromatic carbocycles. The highest BCUT2D eigenvalue weighted by molar-refractivity contribution is 5.98. The summed E-state index contributed by atoms with van der Waals surface area (Å²) in [5.41, 5.74) is 6.21. The highest BCUT2D eigenvalue weighted by Gasteiger charge is 2.24. The number of nitrogens with zero attached hydrogens (tertiary/aromatic N) is 3. The van der Waals surface area contributed by atoms with E-state index in [1.54, 1.807) is 23.2 Å². The van der Waals surface area contributed by atoms with Crippen molar-refractivity contribution in [1.29, 1.82) is 0 Å². The largest absolute Gasteiger partial charge is 0.352 e. The van der Waals surface area contributed by atoms with Crippen LogP contribution in [-0.2, 0) is 4.79 Å². The number of guanidine groups is 1. The molecule has 3 N–H and O–H groups in total. The summed E-state index contributed by atoms with van der Waals surface area (Å²) in [6.07, 6.45) is 7.11. The number of amides is 2. The lowest BCUT2D eigenvalue weighted by molar-refractivity contribution is -0.116. The molecule has 0 radical (unpaired) electrons. The van der Waals surface area contributed by atoms with E-state index in [2.05, 4.69) is 34.7 Å². The number of nitrogens with one attached hydrogen (secondary N) is 3. The number of aliphatic imine (C=N–C) groups is 1. The van der Waals surface area contributed by atoms with E-state index < -0.39 is 0 Å². The molecule has 1 saturated carbocycles. The van der Waals surface area contributed by atoms with Crippen LogP contribution in [-0.4, -0.2) is 41.5 Å². The second-order valence-corrected chi connectivity index (χ2v) is 7.81. The van der Waals surface area contributed by atoms with Crippen molar-refractivity contribution in [2.75, 3.05) is 6.54 Å². The minimum absolute atomic E-state index is 0.126. The number of hydrazone groups is 1. The third kappa shape index (κ3) is 6.04. The van der Waals surface area contributed by atoms with Gasteiger partial charge in [0.05, 0.1) is 17.6 Å². The van der Waals surface area contributed by atoms with Crippen molar-refractivity contribution in [3.63, 3.8) is 0 Å². The molecule has 0 saturated heterocycles. The van der Waals surface area contributed by atoms with Gasteiger partial charge in [0, 0.05) is 29.9 Å². The molecule has 2 aliphatic rings. The molecule has 0 atom stereocenters. The summed E-state index contributed by atoms with van der Waals surface area (Å²) in [4.78, 5) is 31.1. The molecule has 1 aromatic rings. The lowest BCUT2D eigenvalue weighted by Gasteiger charge is -2.29. The van der Waals surface area contributed by atoms with E-state index in [-0.39, 0.29) is 17.9 Å². The topological polar surface area (TPSA) is 98.2 Å². The van der Waals surface area contributed by atoms with E-state index in [4.69, 9.17) is 4.99 Å². The van der Waals surface area contributed by atoms with Crippen LogP contribution < -0.4 is 16.1 Å². The number of carbonyl (C=O) groups excluding carboxylic acids is 2. The lowest BCUT2D eigenvalue weighted by Crippen LogP contribution is -2.41. The fourth-order valence-electron chi connectivity index (χ4n) is 3.07. The molecule has 1 aliphatic heterocycles. The minimum atomic E-state index is -0.142. The average Bonchev–Trinajstić information content (AvgIpc) is 3.53.